The minimum Gasteiger partial charge on any atom is -0.473 e. The molecule has 7 rings (SSSR count). The second kappa shape index (κ2) is 11.1. The van der Waals surface area contributed by atoms with E-state index in [-0.39, 0.29) is 23.7 Å². The molecule has 2 aliphatic heterocycles. The number of fused-ring (bicyclic) bond motifs is 1. The maximum absolute atomic E-state index is 14.3. The van der Waals surface area contributed by atoms with Gasteiger partial charge in [-0.25, -0.2) is 14.4 Å². The SMILES string of the molecule is N#Cc1ccc(COc2cccc(C3CCC4(C3)CN(Cc3nc5ccc(C(N)=O)cc5n3C[C@@H]3CCO3)C4)n2)c(F)c1. The van der Waals surface area contributed by atoms with Gasteiger partial charge in [0.2, 0.25) is 11.8 Å². The topological polar surface area (TPSA) is 119 Å². The molecular formula is C33H33FN6O3. The van der Waals surface area contributed by atoms with Crippen molar-refractivity contribution < 1.29 is 18.7 Å². The summed E-state index contributed by atoms with van der Waals surface area (Å²) in [6.07, 6.45) is 4.48. The third kappa shape index (κ3) is 5.46. The van der Waals surface area contributed by atoms with Crippen LogP contribution in [0.4, 0.5) is 4.39 Å². The number of hydrogen-bond acceptors (Lipinski definition) is 7. The van der Waals surface area contributed by atoms with Gasteiger partial charge < -0.3 is 19.8 Å². The number of ether oxygens (including phenoxy) is 2. The molecule has 1 spiro atoms. The number of nitriles is 1. The smallest absolute Gasteiger partial charge is 0.248 e. The highest BCUT2D eigenvalue weighted by Crippen LogP contribution is 2.51. The molecule has 1 saturated carbocycles. The molecule has 0 radical (unpaired) electrons. The van der Waals surface area contributed by atoms with E-state index in [4.69, 9.17) is 30.4 Å². The fourth-order valence-electron chi connectivity index (χ4n) is 6.87. The van der Waals surface area contributed by atoms with Gasteiger partial charge in [-0.3, -0.25) is 9.69 Å². The van der Waals surface area contributed by atoms with Crippen molar-refractivity contribution in [2.24, 2.45) is 11.1 Å². The number of pyridine rings is 1. The van der Waals surface area contributed by atoms with Gasteiger partial charge in [-0.2, -0.15) is 5.26 Å². The Kier molecular flexibility index (Phi) is 7.07. The average molecular weight is 581 g/mol. The maximum atomic E-state index is 14.3. The highest BCUT2D eigenvalue weighted by Gasteiger charge is 2.48. The Morgan fingerprint density at radius 2 is 2.02 bits per heavy atom. The molecular weight excluding hydrogens is 547 g/mol. The molecule has 2 saturated heterocycles. The van der Waals surface area contributed by atoms with Crippen LogP contribution in [-0.2, 0) is 24.4 Å². The minimum absolute atomic E-state index is 0.0546. The highest BCUT2D eigenvalue weighted by molar-refractivity contribution is 5.96. The summed E-state index contributed by atoms with van der Waals surface area (Å²) in [6.45, 7) is 4.32. The monoisotopic (exact) mass is 580 g/mol. The summed E-state index contributed by atoms with van der Waals surface area (Å²) in [4.78, 5) is 24.0. The van der Waals surface area contributed by atoms with E-state index in [0.29, 0.717) is 22.9 Å². The number of imidazole rings is 1. The van der Waals surface area contributed by atoms with Gasteiger partial charge in [0, 0.05) is 48.5 Å². The Bertz CT molecular complexity index is 1740. The number of aromatic nitrogens is 3. The number of likely N-dealkylation sites (tertiary alicyclic amines) is 1. The van der Waals surface area contributed by atoms with Crippen LogP contribution in [0.3, 0.4) is 0 Å². The second-order valence-electron chi connectivity index (χ2n) is 12.2. The van der Waals surface area contributed by atoms with Gasteiger partial charge >= 0.3 is 0 Å². The number of nitrogens with zero attached hydrogens (tertiary/aromatic N) is 5. The van der Waals surface area contributed by atoms with E-state index in [9.17, 15) is 9.18 Å². The zero-order valence-electron chi connectivity index (χ0n) is 23.8. The molecule has 1 amide bonds. The summed E-state index contributed by atoms with van der Waals surface area (Å²) in [5, 5.41) is 8.95. The van der Waals surface area contributed by atoms with E-state index in [1.807, 2.05) is 24.3 Å². The second-order valence-corrected chi connectivity index (χ2v) is 12.2. The molecule has 2 aromatic heterocycles. The number of amides is 1. The maximum Gasteiger partial charge on any atom is 0.248 e. The number of benzene rings is 2. The fraction of sp³-hybridized carbons (Fsp3) is 0.394. The van der Waals surface area contributed by atoms with Crippen LogP contribution >= 0.6 is 0 Å². The first-order valence-corrected chi connectivity index (χ1v) is 14.8. The van der Waals surface area contributed by atoms with E-state index >= 15 is 0 Å². The number of rotatable bonds is 9. The number of primary amides is 1. The first-order chi connectivity index (χ1) is 20.9. The molecule has 2 N–H and O–H groups in total. The summed E-state index contributed by atoms with van der Waals surface area (Å²) in [5.74, 6) is 0.922. The third-order valence-electron chi connectivity index (χ3n) is 9.20. The first kappa shape index (κ1) is 27.5. The highest BCUT2D eigenvalue weighted by atomic mass is 19.1. The summed E-state index contributed by atoms with van der Waals surface area (Å²) >= 11 is 0. The zero-order chi connectivity index (χ0) is 29.6. The summed E-state index contributed by atoms with van der Waals surface area (Å²) in [7, 11) is 0. The molecule has 10 heteroatoms. The van der Waals surface area contributed by atoms with Crippen LogP contribution in [0.15, 0.2) is 54.6 Å². The molecule has 4 heterocycles. The van der Waals surface area contributed by atoms with Crippen LogP contribution in [0.2, 0.25) is 0 Å². The molecule has 220 valence electrons. The lowest BCUT2D eigenvalue weighted by molar-refractivity contribution is -0.0599. The Hall–Kier alpha value is -4.33. The number of carbonyl (C=O) groups is 1. The molecule has 1 aliphatic carbocycles. The first-order valence-electron chi connectivity index (χ1n) is 14.8. The standard InChI is InChI=1S/C33H33FN6O3/c34-26-12-21(15-35)4-5-24(26)18-43-31-3-1-2-27(38-31)23-8-10-33(14-23)19-39(20-33)17-30-37-28-7-6-22(32(36)41)13-29(28)40(30)16-25-9-11-42-25/h1-7,12-13,23,25H,8-11,14,16-20H2,(H2,36,41)/t23?,25-/m0/s1. The van der Waals surface area contributed by atoms with Crippen molar-refractivity contribution in [2.75, 3.05) is 19.7 Å². The van der Waals surface area contributed by atoms with Gasteiger partial charge in [-0.1, -0.05) is 12.1 Å². The van der Waals surface area contributed by atoms with E-state index in [1.54, 1.807) is 24.3 Å². The van der Waals surface area contributed by atoms with E-state index in [1.165, 1.54) is 6.07 Å². The van der Waals surface area contributed by atoms with Crippen molar-refractivity contribution in [1.82, 2.24) is 19.4 Å². The largest absolute Gasteiger partial charge is 0.473 e. The summed E-state index contributed by atoms with van der Waals surface area (Å²) in [5.41, 5.74) is 9.79. The van der Waals surface area contributed by atoms with Crippen LogP contribution in [0, 0.1) is 22.6 Å². The number of nitrogens with two attached hydrogens (primary N) is 1. The van der Waals surface area contributed by atoms with E-state index in [0.717, 1.165) is 81.0 Å². The molecule has 3 aliphatic rings. The van der Waals surface area contributed by atoms with E-state index < -0.39 is 11.7 Å². The van der Waals surface area contributed by atoms with Gasteiger partial charge in [-0.05, 0) is 67.5 Å². The molecule has 1 unspecified atom stereocenters. The molecule has 0 bridgehead atoms. The van der Waals surface area contributed by atoms with E-state index in [2.05, 4.69) is 15.5 Å². The van der Waals surface area contributed by atoms with Crippen molar-refractivity contribution in [3.05, 3.63) is 88.6 Å². The Morgan fingerprint density at radius 1 is 1.16 bits per heavy atom. The third-order valence-corrected chi connectivity index (χ3v) is 9.20. The summed E-state index contributed by atoms with van der Waals surface area (Å²) in [6, 6.07) is 17.6. The van der Waals surface area contributed by atoms with Crippen molar-refractivity contribution in [3.63, 3.8) is 0 Å². The lowest BCUT2D eigenvalue weighted by Gasteiger charge is -2.48. The molecule has 3 fully saturated rings. The minimum atomic E-state index is -0.454. The van der Waals surface area contributed by atoms with Crippen LogP contribution in [-0.4, -0.2) is 51.1 Å². The van der Waals surface area contributed by atoms with Gasteiger partial charge in [0.25, 0.3) is 0 Å². The van der Waals surface area contributed by atoms with Crippen molar-refractivity contribution in [3.8, 4) is 11.9 Å². The molecule has 2 aromatic carbocycles. The normalized spacial score (nSPS) is 20.9. The predicted molar refractivity (Wildman–Crippen MR) is 157 cm³/mol. The lowest BCUT2D eigenvalue weighted by Crippen LogP contribution is -2.54. The molecule has 9 nitrogen and oxygen atoms in total. The molecule has 2 atom stereocenters. The quantitative estimate of drug-likeness (QED) is 0.305. The zero-order valence-corrected chi connectivity index (χ0v) is 23.8. The molecule has 43 heavy (non-hydrogen) atoms. The Balaban J connectivity index is 0.993. The van der Waals surface area contributed by atoms with Crippen LogP contribution < -0.4 is 10.5 Å². The van der Waals surface area contributed by atoms with Gasteiger partial charge in [-0.15, -0.1) is 0 Å². The molecule has 4 aromatic rings. The van der Waals surface area contributed by atoms with Crippen molar-refractivity contribution >= 4 is 16.9 Å². The lowest BCUT2D eigenvalue weighted by atomic mass is 9.77. The fourth-order valence-corrected chi connectivity index (χ4v) is 6.87. The van der Waals surface area contributed by atoms with Crippen LogP contribution in [0.25, 0.3) is 11.0 Å². The van der Waals surface area contributed by atoms with Gasteiger partial charge in [0.15, 0.2) is 0 Å². The van der Waals surface area contributed by atoms with Gasteiger partial charge in [0.1, 0.15) is 18.2 Å². The number of carbonyl (C=O) groups excluding carboxylic acids is 1. The van der Waals surface area contributed by atoms with Crippen LogP contribution in [0.5, 0.6) is 5.88 Å². The Morgan fingerprint density at radius 3 is 2.77 bits per heavy atom. The van der Waals surface area contributed by atoms with Crippen molar-refractivity contribution in [2.45, 2.75) is 57.4 Å². The number of halogens is 1. The van der Waals surface area contributed by atoms with Gasteiger partial charge in [0.05, 0.1) is 41.9 Å². The average Bonchev–Trinajstić information content (AvgIpc) is 3.56. The summed E-state index contributed by atoms with van der Waals surface area (Å²) < 4.78 is 28.0. The van der Waals surface area contributed by atoms with Crippen molar-refractivity contribution in [1.29, 1.82) is 5.26 Å². The van der Waals surface area contributed by atoms with Crippen LogP contribution in [0.1, 0.15) is 64.6 Å². The Labute approximate surface area is 249 Å². The number of hydrogen-bond donors (Lipinski definition) is 1. The predicted octanol–water partition coefficient (Wildman–Crippen LogP) is 4.68.